The van der Waals surface area contributed by atoms with E-state index in [4.69, 9.17) is 5.11 Å². The quantitative estimate of drug-likeness (QED) is 0.417. The van der Waals surface area contributed by atoms with Crippen LogP contribution >= 0.6 is 0 Å². The first-order valence-corrected chi connectivity index (χ1v) is 4.25. The third-order valence-corrected chi connectivity index (χ3v) is 2.05. The van der Waals surface area contributed by atoms with Crippen molar-refractivity contribution in [3.05, 3.63) is 0 Å². The van der Waals surface area contributed by atoms with E-state index in [1.807, 2.05) is 0 Å². The van der Waals surface area contributed by atoms with Gasteiger partial charge in [-0.3, -0.25) is 0 Å². The highest BCUT2D eigenvalue weighted by atomic mass is 16.3. The van der Waals surface area contributed by atoms with Crippen molar-refractivity contribution in [2.24, 2.45) is 5.92 Å². The highest BCUT2D eigenvalue weighted by Gasteiger charge is 2.20. The molecule has 3 atom stereocenters. The summed E-state index contributed by atoms with van der Waals surface area (Å²) in [5, 5.41) is 30.1. The maximum Gasteiger partial charge on any atom is 0.0714 e. The first-order valence-electron chi connectivity index (χ1n) is 4.25. The van der Waals surface area contributed by atoms with E-state index in [9.17, 15) is 10.2 Å². The molecule has 0 aromatic heterocycles. The van der Waals surface area contributed by atoms with Gasteiger partial charge in [0.15, 0.2) is 0 Å². The van der Waals surface area contributed by atoms with E-state index in [0.717, 1.165) is 0 Å². The molecule has 0 amide bonds. The molecule has 12 heavy (non-hydrogen) atoms. The predicted molar refractivity (Wildman–Crippen MR) is 46.8 cm³/mol. The van der Waals surface area contributed by atoms with Crippen molar-refractivity contribution in [3.8, 4) is 0 Å². The lowest BCUT2D eigenvalue weighted by Crippen LogP contribution is -2.36. The van der Waals surface area contributed by atoms with E-state index in [-0.39, 0.29) is 12.5 Å². The van der Waals surface area contributed by atoms with Crippen LogP contribution in [0.2, 0.25) is 0 Å². The Kier molecular flexibility index (Phi) is 6.28. The van der Waals surface area contributed by atoms with Gasteiger partial charge in [0.05, 0.1) is 12.2 Å². The van der Waals surface area contributed by atoms with Gasteiger partial charge in [0.1, 0.15) is 0 Å². The van der Waals surface area contributed by atoms with Gasteiger partial charge in [-0.15, -0.1) is 0 Å². The van der Waals surface area contributed by atoms with Gasteiger partial charge in [0.25, 0.3) is 0 Å². The number of aliphatic hydroxyl groups excluding tert-OH is 3. The van der Waals surface area contributed by atoms with Crippen molar-refractivity contribution in [2.75, 3.05) is 20.2 Å². The van der Waals surface area contributed by atoms with Crippen molar-refractivity contribution in [3.63, 3.8) is 0 Å². The van der Waals surface area contributed by atoms with Crippen molar-refractivity contribution in [2.45, 2.75) is 25.6 Å². The van der Waals surface area contributed by atoms with Crippen LogP contribution in [0, 0.1) is 5.92 Å². The third kappa shape index (κ3) is 4.01. The molecule has 0 aromatic carbocycles. The minimum Gasteiger partial charge on any atom is -0.396 e. The summed E-state index contributed by atoms with van der Waals surface area (Å²) < 4.78 is 0. The zero-order chi connectivity index (χ0) is 9.56. The molecular weight excluding hydrogens is 158 g/mol. The Labute approximate surface area is 73.2 Å². The topological polar surface area (TPSA) is 72.7 Å². The van der Waals surface area contributed by atoms with Gasteiger partial charge >= 0.3 is 0 Å². The molecule has 4 heteroatoms. The van der Waals surface area contributed by atoms with E-state index < -0.39 is 12.2 Å². The molecule has 4 N–H and O–H groups in total. The normalized spacial score (nSPS) is 18.8. The summed E-state index contributed by atoms with van der Waals surface area (Å²) in [5.74, 6) is -0.204. The van der Waals surface area contributed by atoms with Crippen LogP contribution in [0.25, 0.3) is 0 Å². The summed E-state index contributed by atoms with van der Waals surface area (Å²) in [4.78, 5) is 0. The molecular formula is C8H19NO3. The fourth-order valence-corrected chi connectivity index (χ4v) is 1.05. The smallest absolute Gasteiger partial charge is 0.0714 e. The zero-order valence-corrected chi connectivity index (χ0v) is 7.70. The van der Waals surface area contributed by atoms with Crippen LogP contribution in [-0.2, 0) is 0 Å². The van der Waals surface area contributed by atoms with Crippen molar-refractivity contribution < 1.29 is 15.3 Å². The SMILES string of the molecule is CNCC(O)C(C)C(O)CCO. The Bertz CT molecular complexity index is 98.5. The molecule has 0 bridgehead atoms. The second kappa shape index (κ2) is 6.37. The summed E-state index contributed by atoms with van der Waals surface area (Å²) in [6, 6.07) is 0. The van der Waals surface area contributed by atoms with Gasteiger partial charge in [0.2, 0.25) is 0 Å². The molecule has 3 unspecified atom stereocenters. The largest absolute Gasteiger partial charge is 0.396 e. The number of rotatable bonds is 6. The summed E-state index contributed by atoms with van der Waals surface area (Å²) in [6.45, 7) is 2.18. The van der Waals surface area contributed by atoms with Gasteiger partial charge in [-0.2, -0.15) is 0 Å². The van der Waals surface area contributed by atoms with Crippen molar-refractivity contribution in [1.82, 2.24) is 5.32 Å². The molecule has 0 fully saturated rings. The number of hydrogen-bond donors (Lipinski definition) is 4. The fourth-order valence-electron chi connectivity index (χ4n) is 1.05. The molecule has 0 saturated carbocycles. The van der Waals surface area contributed by atoms with Crippen LogP contribution in [0.1, 0.15) is 13.3 Å². The zero-order valence-electron chi connectivity index (χ0n) is 7.70. The summed E-state index contributed by atoms with van der Waals surface area (Å²) >= 11 is 0. The van der Waals surface area contributed by atoms with Crippen LogP contribution in [0.4, 0.5) is 0 Å². The molecule has 4 nitrogen and oxygen atoms in total. The maximum absolute atomic E-state index is 9.41. The highest BCUT2D eigenvalue weighted by molar-refractivity contribution is 4.73. The van der Waals surface area contributed by atoms with Gasteiger partial charge in [0, 0.05) is 19.1 Å². The minimum absolute atomic E-state index is 0.0439. The Balaban J connectivity index is 3.73. The predicted octanol–water partition coefficient (Wildman–Crippen LogP) is -1.05. The molecule has 0 aliphatic carbocycles. The van der Waals surface area contributed by atoms with Gasteiger partial charge in [-0.25, -0.2) is 0 Å². The van der Waals surface area contributed by atoms with E-state index in [1.54, 1.807) is 14.0 Å². The monoisotopic (exact) mass is 177 g/mol. The van der Waals surface area contributed by atoms with Gasteiger partial charge in [-0.1, -0.05) is 6.92 Å². The second-order valence-corrected chi connectivity index (χ2v) is 3.06. The van der Waals surface area contributed by atoms with Gasteiger partial charge in [-0.05, 0) is 13.5 Å². The second-order valence-electron chi connectivity index (χ2n) is 3.06. The van der Waals surface area contributed by atoms with Crippen LogP contribution in [0.3, 0.4) is 0 Å². The Morgan fingerprint density at radius 1 is 1.25 bits per heavy atom. The number of aliphatic hydroxyl groups is 3. The summed E-state index contributed by atoms with van der Waals surface area (Å²) in [5.41, 5.74) is 0. The Hall–Kier alpha value is -0.160. The van der Waals surface area contributed by atoms with E-state index in [1.165, 1.54) is 0 Å². The molecule has 0 aromatic rings. The summed E-state index contributed by atoms with van der Waals surface area (Å²) in [6.07, 6.45) is -0.864. The third-order valence-electron chi connectivity index (χ3n) is 2.05. The average Bonchev–Trinajstić information content (AvgIpc) is 2.04. The lowest BCUT2D eigenvalue weighted by atomic mass is 9.96. The Morgan fingerprint density at radius 2 is 1.83 bits per heavy atom. The number of hydrogen-bond acceptors (Lipinski definition) is 4. The molecule has 0 spiro atoms. The van der Waals surface area contributed by atoms with Crippen LogP contribution in [0.15, 0.2) is 0 Å². The maximum atomic E-state index is 9.41. The fraction of sp³-hybridized carbons (Fsp3) is 1.00. The number of nitrogens with one attached hydrogen (secondary N) is 1. The highest BCUT2D eigenvalue weighted by Crippen LogP contribution is 2.10. The molecule has 0 heterocycles. The standard InChI is InChI=1S/C8H19NO3/c1-6(7(11)3-4-10)8(12)5-9-2/h6-12H,3-5H2,1-2H3. The van der Waals surface area contributed by atoms with Crippen molar-refractivity contribution >= 4 is 0 Å². The molecule has 0 rings (SSSR count). The van der Waals surface area contributed by atoms with Crippen molar-refractivity contribution in [1.29, 1.82) is 0 Å². The van der Waals surface area contributed by atoms with Crippen LogP contribution in [0.5, 0.6) is 0 Å². The van der Waals surface area contributed by atoms with Gasteiger partial charge < -0.3 is 20.6 Å². The van der Waals surface area contributed by atoms with Crippen LogP contribution in [-0.4, -0.2) is 47.7 Å². The first kappa shape index (κ1) is 11.8. The summed E-state index contributed by atoms with van der Waals surface area (Å²) in [7, 11) is 1.74. The van der Waals surface area contributed by atoms with E-state index in [0.29, 0.717) is 13.0 Å². The molecule has 0 aliphatic rings. The molecule has 0 aliphatic heterocycles. The average molecular weight is 177 g/mol. The lowest BCUT2D eigenvalue weighted by molar-refractivity contribution is 0.0112. The minimum atomic E-state index is -0.627. The number of likely N-dealkylation sites (N-methyl/N-ethyl adjacent to an activating group) is 1. The lowest BCUT2D eigenvalue weighted by Gasteiger charge is -2.23. The van der Waals surface area contributed by atoms with E-state index in [2.05, 4.69) is 5.32 Å². The Morgan fingerprint density at radius 3 is 2.25 bits per heavy atom. The molecule has 0 radical (unpaired) electrons. The molecule has 74 valence electrons. The van der Waals surface area contributed by atoms with Crippen LogP contribution < -0.4 is 5.32 Å². The first-order chi connectivity index (χ1) is 5.63. The molecule has 0 saturated heterocycles. The van der Waals surface area contributed by atoms with E-state index >= 15 is 0 Å².